The van der Waals surface area contributed by atoms with E-state index in [1.165, 1.54) is 0 Å². The van der Waals surface area contributed by atoms with Crippen molar-refractivity contribution in [2.24, 2.45) is 0 Å². The normalized spacial score (nSPS) is 12.3. The standard InChI is InChI=1S/C20H25ClOS/c1-7-14(4)16-9-8-10-17(19(16)21)20(22)18(13(2)3)15(5)11-12-23-6/h8-12,14H,5,7H2,1-4,6H3/b12-11-. The molecule has 1 atom stereocenters. The molecule has 0 amide bonds. The first-order valence-corrected chi connectivity index (χ1v) is 9.40. The second-order valence-corrected chi connectivity index (χ2v) is 6.91. The largest absolute Gasteiger partial charge is 0.289 e. The van der Waals surface area contributed by atoms with E-state index in [2.05, 4.69) is 20.4 Å². The number of Topliss-reactive ketones (excluding diaryl/α,β-unsaturated/α-hetero) is 1. The second kappa shape index (κ2) is 9.14. The van der Waals surface area contributed by atoms with Gasteiger partial charge >= 0.3 is 0 Å². The van der Waals surface area contributed by atoms with Crippen molar-refractivity contribution in [1.82, 2.24) is 0 Å². The number of ketones is 1. The lowest BCUT2D eigenvalue weighted by Crippen LogP contribution is -2.09. The summed E-state index contributed by atoms with van der Waals surface area (Å²) < 4.78 is 0. The summed E-state index contributed by atoms with van der Waals surface area (Å²) in [7, 11) is 0. The maximum absolute atomic E-state index is 13.0. The highest BCUT2D eigenvalue weighted by Gasteiger charge is 2.21. The third-order valence-electron chi connectivity index (χ3n) is 3.87. The van der Waals surface area contributed by atoms with E-state index in [1.807, 2.05) is 43.7 Å². The number of allylic oxidation sites excluding steroid dienone is 4. The third kappa shape index (κ3) is 4.86. The molecular formula is C20H25ClOS. The number of carbonyl (C=O) groups is 1. The minimum atomic E-state index is -0.0593. The van der Waals surface area contributed by atoms with Crippen LogP contribution in [0.3, 0.4) is 0 Å². The molecule has 0 bridgehead atoms. The number of benzene rings is 1. The van der Waals surface area contributed by atoms with Crippen LogP contribution < -0.4 is 0 Å². The molecule has 0 aliphatic carbocycles. The SMILES string of the molecule is C=C(/C=C\SC)C(C(=O)c1cccc(C(C)CC)c1Cl)=C(C)C. The zero-order valence-electron chi connectivity index (χ0n) is 14.6. The minimum Gasteiger partial charge on any atom is -0.289 e. The van der Waals surface area contributed by atoms with Crippen LogP contribution in [0.1, 0.15) is 56.0 Å². The van der Waals surface area contributed by atoms with Gasteiger partial charge in [-0.1, -0.05) is 49.7 Å². The average molecular weight is 349 g/mol. The molecule has 1 unspecified atom stereocenters. The van der Waals surface area contributed by atoms with Gasteiger partial charge < -0.3 is 0 Å². The molecule has 0 aliphatic rings. The smallest absolute Gasteiger partial charge is 0.195 e. The van der Waals surface area contributed by atoms with Crippen LogP contribution in [0.25, 0.3) is 0 Å². The van der Waals surface area contributed by atoms with Crippen molar-refractivity contribution in [1.29, 1.82) is 0 Å². The Balaban J connectivity index is 3.35. The van der Waals surface area contributed by atoms with E-state index in [9.17, 15) is 4.79 Å². The zero-order valence-corrected chi connectivity index (χ0v) is 16.1. The molecule has 0 saturated heterocycles. The molecule has 0 aromatic heterocycles. The third-order valence-corrected chi connectivity index (χ3v) is 4.70. The summed E-state index contributed by atoms with van der Waals surface area (Å²) in [5.74, 6) is 0.265. The van der Waals surface area contributed by atoms with Crippen LogP contribution in [0.15, 0.2) is 53.0 Å². The Morgan fingerprint density at radius 3 is 2.57 bits per heavy atom. The van der Waals surface area contributed by atoms with Gasteiger partial charge in [0, 0.05) is 11.1 Å². The second-order valence-electron chi connectivity index (χ2n) is 5.79. The van der Waals surface area contributed by atoms with E-state index in [0.717, 1.165) is 17.6 Å². The van der Waals surface area contributed by atoms with E-state index in [0.29, 0.717) is 27.7 Å². The number of carbonyl (C=O) groups excluding carboxylic acids is 1. The Morgan fingerprint density at radius 2 is 2.04 bits per heavy atom. The Bertz CT molecular complexity index is 652. The van der Waals surface area contributed by atoms with Gasteiger partial charge in [0.1, 0.15) is 0 Å². The summed E-state index contributed by atoms with van der Waals surface area (Å²) >= 11 is 8.12. The highest BCUT2D eigenvalue weighted by atomic mass is 35.5. The summed E-state index contributed by atoms with van der Waals surface area (Å²) in [4.78, 5) is 13.0. The summed E-state index contributed by atoms with van der Waals surface area (Å²) in [6, 6.07) is 5.70. The molecule has 0 aliphatic heterocycles. The topological polar surface area (TPSA) is 17.1 Å². The van der Waals surface area contributed by atoms with E-state index in [1.54, 1.807) is 17.8 Å². The highest BCUT2D eigenvalue weighted by Crippen LogP contribution is 2.32. The molecule has 0 N–H and O–H groups in total. The number of hydrogen-bond donors (Lipinski definition) is 0. The molecule has 3 heteroatoms. The first-order valence-electron chi connectivity index (χ1n) is 7.74. The summed E-state index contributed by atoms with van der Waals surface area (Å²) in [5.41, 5.74) is 3.88. The number of thioether (sulfide) groups is 1. The molecular weight excluding hydrogens is 324 g/mol. The maximum atomic E-state index is 13.0. The van der Waals surface area contributed by atoms with Crippen molar-refractivity contribution in [2.75, 3.05) is 6.26 Å². The predicted molar refractivity (Wildman–Crippen MR) is 105 cm³/mol. The highest BCUT2D eigenvalue weighted by molar-refractivity contribution is 8.01. The van der Waals surface area contributed by atoms with Crippen LogP contribution in [0.4, 0.5) is 0 Å². The van der Waals surface area contributed by atoms with E-state index in [-0.39, 0.29) is 5.78 Å². The lowest BCUT2D eigenvalue weighted by atomic mass is 9.90. The fourth-order valence-corrected chi connectivity index (χ4v) is 3.09. The zero-order chi connectivity index (χ0) is 17.6. The fourth-order valence-electron chi connectivity index (χ4n) is 2.39. The van der Waals surface area contributed by atoms with Gasteiger partial charge in [0.15, 0.2) is 5.78 Å². The molecule has 0 radical (unpaired) electrons. The molecule has 0 spiro atoms. The maximum Gasteiger partial charge on any atom is 0.195 e. The number of hydrogen-bond acceptors (Lipinski definition) is 2. The van der Waals surface area contributed by atoms with Crippen LogP contribution in [-0.2, 0) is 0 Å². The summed E-state index contributed by atoms with van der Waals surface area (Å²) in [6.07, 6.45) is 4.83. The number of halogens is 1. The molecule has 1 nitrogen and oxygen atoms in total. The predicted octanol–water partition coefficient (Wildman–Crippen LogP) is 6.81. The van der Waals surface area contributed by atoms with Crippen molar-refractivity contribution >= 4 is 29.1 Å². The number of rotatable bonds is 7. The van der Waals surface area contributed by atoms with Gasteiger partial charge in [-0.3, -0.25) is 4.79 Å². The van der Waals surface area contributed by atoms with Gasteiger partial charge in [0.2, 0.25) is 0 Å². The van der Waals surface area contributed by atoms with Crippen molar-refractivity contribution in [3.8, 4) is 0 Å². The van der Waals surface area contributed by atoms with Gasteiger partial charge in [-0.2, -0.15) is 0 Å². The van der Waals surface area contributed by atoms with E-state index in [4.69, 9.17) is 11.6 Å². The van der Waals surface area contributed by atoms with Gasteiger partial charge in [0.25, 0.3) is 0 Å². The summed E-state index contributed by atoms with van der Waals surface area (Å²) in [5, 5.41) is 2.49. The molecule has 0 saturated carbocycles. The molecule has 124 valence electrons. The van der Waals surface area contributed by atoms with E-state index >= 15 is 0 Å². The molecule has 23 heavy (non-hydrogen) atoms. The molecule has 0 heterocycles. The quantitative estimate of drug-likeness (QED) is 0.306. The Hall–Kier alpha value is -1.25. The van der Waals surface area contributed by atoms with Crippen LogP contribution in [0.5, 0.6) is 0 Å². The van der Waals surface area contributed by atoms with Gasteiger partial charge in [-0.25, -0.2) is 0 Å². The van der Waals surface area contributed by atoms with Crippen molar-refractivity contribution in [2.45, 2.75) is 40.0 Å². The fraction of sp³-hybridized carbons (Fsp3) is 0.350. The lowest BCUT2D eigenvalue weighted by Gasteiger charge is -2.16. The van der Waals surface area contributed by atoms with Crippen molar-refractivity contribution in [3.05, 3.63) is 69.1 Å². The Kier molecular flexibility index (Phi) is 7.87. The van der Waals surface area contributed by atoms with Crippen LogP contribution in [-0.4, -0.2) is 12.0 Å². The first-order chi connectivity index (χ1) is 10.8. The van der Waals surface area contributed by atoms with Crippen LogP contribution in [0, 0.1) is 0 Å². The molecule has 1 rings (SSSR count). The van der Waals surface area contributed by atoms with Gasteiger partial charge in [0.05, 0.1) is 5.02 Å². The van der Waals surface area contributed by atoms with Crippen LogP contribution >= 0.6 is 23.4 Å². The van der Waals surface area contributed by atoms with Crippen molar-refractivity contribution < 1.29 is 4.79 Å². The van der Waals surface area contributed by atoms with Gasteiger partial charge in [-0.05, 0) is 61.1 Å². The van der Waals surface area contributed by atoms with Crippen LogP contribution in [0.2, 0.25) is 5.02 Å². The molecule has 1 aromatic rings. The Labute approximate surface area is 149 Å². The molecule has 0 fully saturated rings. The average Bonchev–Trinajstić information content (AvgIpc) is 2.52. The van der Waals surface area contributed by atoms with Gasteiger partial charge in [-0.15, -0.1) is 11.8 Å². The monoisotopic (exact) mass is 348 g/mol. The Morgan fingerprint density at radius 1 is 1.39 bits per heavy atom. The summed E-state index contributed by atoms with van der Waals surface area (Å²) in [6.45, 7) is 12.1. The first kappa shape index (κ1) is 19.8. The minimum absolute atomic E-state index is 0.0593. The van der Waals surface area contributed by atoms with Crippen molar-refractivity contribution in [3.63, 3.8) is 0 Å². The lowest BCUT2D eigenvalue weighted by molar-refractivity contribution is 0.103. The van der Waals surface area contributed by atoms with E-state index < -0.39 is 0 Å². The molecule has 1 aromatic carbocycles.